The zero-order chi connectivity index (χ0) is 18.7. The number of furan rings is 1. The molecule has 0 N–H and O–H groups in total. The maximum Gasteiger partial charge on any atom is 0.297 e. The summed E-state index contributed by atoms with van der Waals surface area (Å²) in [4.78, 5) is 27.8. The van der Waals surface area contributed by atoms with Crippen molar-refractivity contribution in [2.45, 2.75) is 19.9 Å². The highest BCUT2D eigenvalue weighted by Gasteiger charge is 2.46. The van der Waals surface area contributed by atoms with Gasteiger partial charge in [-0.1, -0.05) is 23.5 Å². The molecule has 27 heavy (non-hydrogen) atoms. The van der Waals surface area contributed by atoms with E-state index in [0.29, 0.717) is 32.6 Å². The number of rotatable bonds is 2. The van der Waals surface area contributed by atoms with Crippen LogP contribution >= 0.6 is 11.3 Å². The van der Waals surface area contributed by atoms with Crippen LogP contribution in [0.2, 0.25) is 0 Å². The van der Waals surface area contributed by atoms with Gasteiger partial charge in [-0.05, 0) is 38.1 Å². The first kappa shape index (κ1) is 16.0. The van der Waals surface area contributed by atoms with Crippen LogP contribution in [0.3, 0.4) is 0 Å². The van der Waals surface area contributed by atoms with E-state index in [4.69, 9.17) is 8.83 Å². The molecule has 0 saturated carbocycles. The molecule has 1 unspecified atom stereocenters. The van der Waals surface area contributed by atoms with Crippen LogP contribution in [0.15, 0.2) is 50.0 Å². The SMILES string of the molecule is Cc1ccc(C2c3c(oc4ccccc4c3=O)C(=O)N2c2nnc(C)s2)o1. The first-order valence-electron chi connectivity index (χ1n) is 8.30. The van der Waals surface area contributed by atoms with E-state index in [2.05, 4.69) is 10.2 Å². The van der Waals surface area contributed by atoms with E-state index in [1.807, 2.05) is 6.92 Å². The lowest BCUT2D eigenvalue weighted by molar-refractivity contribution is 0.0969. The maximum absolute atomic E-state index is 13.2. The van der Waals surface area contributed by atoms with Gasteiger partial charge >= 0.3 is 0 Å². The van der Waals surface area contributed by atoms with Crippen molar-refractivity contribution in [1.29, 1.82) is 0 Å². The van der Waals surface area contributed by atoms with E-state index in [1.165, 1.54) is 16.2 Å². The Hall–Kier alpha value is -3.26. The van der Waals surface area contributed by atoms with Gasteiger partial charge in [0.25, 0.3) is 5.91 Å². The summed E-state index contributed by atoms with van der Waals surface area (Å²) in [6.07, 6.45) is 0. The first-order valence-corrected chi connectivity index (χ1v) is 9.12. The minimum atomic E-state index is -0.741. The molecule has 0 fully saturated rings. The molecule has 0 aliphatic carbocycles. The fourth-order valence-electron chi connectivity index (χ4n) is 3.37. The Labute approximate surface area is 156 Å². The van der Waals surface area contributed by atoms with Crippen molar-refractivity contribution in [1.82, 2.24) is 10.2 Å². The summed E-state index contributed by atoms with van der Waals surface area (Å²) in [6.45, 7) is 3.61. The van der Waals surface area contributed by atoms with Crippen LogP contribution in [0.1, 0.15) is 38.7 Å². The van der Waals surface area contributed by atoms with E-state index in [9.17, 15) is 9.59 Å². The molecule has 8 heteroatoms. The van der Waals surface area contributed by atoms with Crippen molar-refractivity contribution in [2.75, 3.05) is 4.90 Å². The monoisotopic (exact) mass is 379 g/mol. The number of nitrogens with zero attached hydrogens (tertiary/aromatic N) is 3. The predicted molar refractivity (Wildman–Crippen MR) is 99.2 cm³/mol. The van der Waals surface area contributed by atoms with Crippen molar-refractivity contribution < 1.29 is 13.6 Å². The van der Waals surface area contributed by atoms with Gasteiger partial charge in [0.1, 0.15) is 28.2 Å². The molecule has 0 spiro atoms. The molecule has 4 aromatic rings. The third-order valence-corrected chi connectivity index (χ3v) is 5.37. The summed E-state index contributed by atoms with van der Waals surface area (Å²) in [6, 6.07) is 9.70. The third-order valence-electron chi connectivity index (χ3n) is 4.53. The van der Waals surface area contributed by atoms with Crippen LogP contribution in [0.4, 0.5) is 5.13 Å². The summed E-state index contributed by atoms with van der Waals surface area (Å²) >= 11 is 1.27. The van der Waals surface area contributed by atoms with Gasteiger partial charge in [-0.3, -0.25) is 14.5 Å². The van der Waals surface area contributed by atoms with Gasteiger partial charge in [0.05, 0.1) is 10.9 Å². The molecule has 7 nitrogen and oxygen atoms in total. The second kappa shape index (κ2) is 5.62. The number of aromatic nitrogens is 2. The number of carbonyl (C=O) groups is 1. The van der Waals surface area contributed by atoms with Crippen LogP contribution in [0.25, 0.3) is 11.0 Å². The Morgan fingerprint density at radius 3 is 2.56 bits per heavy atom. The minimum Gasteiger partial charge on any atom is -0.464 e. The summed E-state index contributed by atoms with van der Waals surface area (Å²) in [5, 5.41) is 9.64. The largest absolute Gasteiger partial charge is 0.464 e. The predicted octanol–water partition coefficient (Wildman–Crippen LogP) is 3.60. The van der Waals surface area contributed by atoms with E-state index < -0.39 is 11.9 Å². The van der Waals surface area contributed by atoms with Gasteiger partial charge in [-0.2, -0.15) is 0 Å². The Bertz CT molecular complexity index is 1270. The standard InChI is InChI=1S/C19H13N3O4S/c1-9-7-8-13(25-9)15-14-16(23)11-5-3-4-6-12(11)26-17(14)18(24)22(15)19-21-20-10(2)27-19/h3-8,15H,1-2H3. The van der Waals surface area contributed by atoms with E-state index in [-0.39, 0.29) is 16.8 Å². The van der Waals surface area contributed by atoms with Crippen molar-refractivity contribution in [2.24, 2.45) is 0 Å². The highest BCUT2D eigenvalue weighted by atomic mass is 32.1. The van der Waals surface area contributed by atoms with Crippen molar-refractivity contribution in [3.8, 4) is 0 Å². The Morgan fingerprint density at radius 1 is 1.04 bits per heavy atom. The van der Waals surface area contributed by atoms with Gasteiger partial charge < -0.3 is 8.83 Å². The number of carbonyl (C=O) groups excluding carboxylic acids is 1. The molecule has 0 radical (unpaired) electrons. The van der Waals surface area contributed by atoms with Crippen LogP contribution in [-0.4, -0.2) is 16.1 Å². The average molecular weight is 379 g/mol. The van der Waals surface area contributed by atoms with Gasteiger partial charge in [0, 0.05) is 0 Å². The van der Waals surface area contributed by atoms with Gasteiger partial charge in [-0.15, -0.1) is 10.2 Å². The quantitative estimate of drug-likeness (QED) is 0.529. The number of fused-ring (bicyclic) bond motifs is 2. The van der Waals surface area contributed by atoms with Crippen LogP contribution in [0.5, 0.6) is 0 Å². The number of anilines is 1. The molecule has 0 saturated heterocycles. The lowest BCUT2D eigenvalue weighted by Gasteiger charge is -2.19. The summed E-state index contributed by atoms with van der Waals surface area (Å²) in [5.74, 6) is 0.758. The second-order valence-electron chi connectivity index (χ2n) is 6.30. The smallest absolute Gasteiger partial charge is 0.297 e. The van der Waals surface area contributed by atoms with Crippen LogP contribution in [0, 0.1) is 13.8 Å². The summed E-state index contributed by atoms with van der Waals surface area (Å²) in [7, 11) is 0. The molecule has 5 rings (SSSR count). The number of benzene rings is 1. The highest BCUT2D eigenvalue weighted by molar-refractivity contribution is 7.15. The van der Waals surface area contributed by atoms with Gasteiger partial charge in [0.2, 0.25) is 10.9 Å². The molecule has 4 heterocycles. The Morgan fingerprint density at radius 2 is 1.85 bits per heavy atom. The van der Waals surface area contributed by atoms with Crippen LogP contribution < -0.4 is 10.3 Å². The zero-order valence-electron chi connectivity index (χ0n) is 14.4. The Balaban J connectivity index is 1.83. The van der Waals surface area contributed by atoms with Gasteiger partial charge in [0.15, 0.2) is 5.43 Å². The van der Waals surface area contributed by atoms with Crippen molar-refractivity contribution >= 4 is 33.3 Å². The minimum absolute atomic E-state index is 0.0191. The lowest BCUT2D eigenvalue weighted by Crippen LogP contribution is -2.29. The van der Waals surface area contributed by atoms with Crippen molar-refractivity contribution in [3.05, 3.63) is 74.5 Å². The molecule has 1 amide bonds. The molecular formula is C19H13N3O4S. The van der Waals surface area contributed by atoms with E-state index >= 15 is 0 Å². The highest BCUT2D eigenvalue weighted by Crippen LogP contribution is 2.42. The lowest BCUT2D eigenvalue weighted by atomic mass is 10.0. The molecule has 1 atom stereocenters. The normalized spacial score (nSPS) is 16.3. The number of hydrogen-bond acceptors (Lipinski definition) is 7. The topological polar surface area (TPSA) is 89.4 Å². The number of hydrogen-bond donors (Lipinski definition) is 0. The number of para-hydroxylation sites is 1. The van der Waals surface area contributed by atoms with E-state index in [1.54, 1.807) is 43.3 Å². The number of amides is 1. The molecule has 134 valence electrons. The molecule has 0 bridgehead atoms. The Kier molecular flexibility index (Phi) is 3.32. The summed E-state index contributed by atoms with van der Waals surface area (Å²) < 4.78 is 11.6. The number of aryl methyl sites for hydroxylation is 2. The first-order chi connectivity index (χ1) is 13.0. The molecule has 1 aromatic carbocycles. The van der Waals surface area contributed by atoms with Crippen molar-refractivity contribution in [3.63, 3.8) is 0 Å². The fourth-order valence-corrected chi connectivity index (χ4v) is 4.08. The average Bonchev–Trinajstić information content (AvgIpc) is 3.34. The van der Waals surface area contributed by atoms with Crippen LogP contribution in [-0.2, 0) is 0 Å². The third kappa shape index (κ3) is 2.26. The van der Waals surface area contributed by atoms with E-state index in [0.717, 1.165) is 0 Å². The summed E-state index contributed by atoms with van der Waals surface area (Å²) in [5.41, 5.74) is 0.392. The zero-order valence-corrected chi connectivity index (χ0v) is 15.2. The molecular weight excluding hydrogens is 366 g/mol. The van der Waals surface area contributed by atoms with Gasteiger partial charge in [-0.25, -0.2) is 0 Å². The molecule has 1 aliphatic rings. The fraction of sp³-hybridized carbons (Fsp3) is 0.158. The second-order valence-corrected chi connectivity index (χ2v) is 7.46. The molecule has 1 aliphatic heterocycles. The molecule has 3 aromatic heterocycles. The maximum atomic E-state index is 13.2.